The summed E-state index contributed by atoms with van der Waals surface area (Å²) in [6, 6.07) is 7.72. The van der Waals surface area contributed by atoms with E-state index in [1.54, 1.807) is 18.6 Å². The average Bonchev–Trinajstić information content (AvgIpc) is 3.03. The normalized spacial score (nSPS) is 15.0. The topological polar surface area (TPSA) is 95.2 Å². The second-order valence-corrected chi connectivity index (χ2v) is 8.36. The Hall–Kier alpha value is -2.71. The lowest BCUT2D eigenvalue weighted by Crippen LogP contribution is -2.36. The van der Waals surface area contributed by atoms with Gasteiger partial charge in [-0.05, 0) is 23.6 Å². The molecular formula is C18H18N4O3S. The van der Waals surface area contributed by atoms with E-state index >= 15 is 0 Å². The Bertz CT molecular complexity index is 1100. The van der Waals surface area contributed by atoms with E-state index in [1.807, 2.05) is 24.3 Å². The first-order valence-corrected chi connectivity index (χ1v) is 10.1. The van der Waals surface area contributed by atoms with E-state index in [9.17, 15) is 13.2 Å². The van der Waals surface area contributed by atoms with Crippen molar-refractivity contribution >= 4 is 32.5 Å². The highest BCUT2D eigenvalue weighted by Gasteiger charge is 2.26. The fourth-order valence-corrected chi connectivity index (χ4v) is 4.11. The number of fused-ring (bicyclic) bond motifs is 2. The third-order valence-corrected chi connectivity index (χ3v) is 5.91. The molecule has 1 aliphatic rings. The number of aromatic amines is 1. The van der Waals surface area contributed by atoms with Gasteiger partial charge in [0.1, 0.15) is 0 Å². The summed E-state index contributed by atoms with van der Waals surface area (Å²) in [6.45, 7) is 0.610. The molecule has 8 heteroatoms. The van der Waals surface area contributed by atoms with Crippen LogP contribution in [0.3, 0.4) is 0 Å². The van der Waals surface area contributed by atoms with Crippen molar-refractivity contribution in [3.05, 3.63) is 59.5 Å². The number of anilines is 1. The lowest BCUT2D eigenvalue weighted by atomic mass is 9.98. The fraction of sp³-hybridized carbons (Fsp3) is 0.222. The highest BCUT2D eigenvalue weighted by molar-refractivity contribution is 7.88. The van der Waals surface area contributed by atoms with Gasteiger partial charge in [0.25, 0.3) is 5.91 Å². The molecule has 4 rings (SSSR count). The molecule has 0 bridgehead atoms. The average molecular weight is 370 g/mol. The number of hydrogen-bond donors (Lipinski definition) is 2. The maximum absolute atomic E-state index is 12.8. The summed E-state index contributed by atoms with van der Waals surface area (Å²) < 4.78 is 24.9. The largest absolute Gasteiger partial charge is 0.359 e. The highest BCUT2D eigenvalue weighted by atomic mass is 32.2. The standard InChI is InChI=1S/C18H18N4O3S/c1-26(24,25)22-7-6-13-12(11-22)8-19-9-15(13)18(23)21-17-10-20-16-5-3-2-4-14(16)17/h2-5,8-10,20H,6-7,11H2,1H3,(H,21,23). The number of H-pyrrole nitrogens is 1. The zero-order chi connectivity index (χ0) is 18.3. The van der Waals surface area contributed by atoms with Crippen LogP contribution in [0.2, 0.25) is 0 Å². The number of pyridine rings is 1. The van der Waals surface area contributed by atoms with Gasteiger partial charge in [-0.3, -0.25) is 9.78 Å². The third kappa shape index (κ3) is 2.97. The van der Waals surface area contributed by atoms with Crippen molar-refractivity contribution < 1.29 is 13.2 Å². The van der Waals surface area contributed by atoms with Crippen molar-refractivity contribution in [1.82, 2.24) is 14.3 Å². The first-order valence-electron chi connectivity index (χ1n) is 8.22. The number of rotatable bonds is 3. The zero-order valence-corrected chi connectivity index (χ0v) is 15.0. The Kier molecular flexibility index (Phi) is 4.01. The summed E-state index contributed by atoms with van der Waals surface area (Å²) in [5.74, 6) is -0.244. The summed E-state index contributed by atoms with van der Waals surface area (Å²) in [6.07, 6.45) is 6.62. The van der Waals surface area contributed by atoms with E-state index in [-0.39, 0.29) is 12.5 Å². The van der Waals surface area contributed by atoms with Gasteiger partial charge in [-0.1, -0.05) is 18.2 Å². The number of carbonyl (C=O) groups is 1. The number of nitrogens with zero attached hydrogens (tertiary/aromatic N) is 2. The maximum Gasteiger partial charge on any atom is 0.257 e. The van der Waals surface area contributed by atoms with Crippen molar-refractivity contribution in [3.8, 4) is 0 Å². The summed E-state index contributed by atoms with van der Waals surface area (Å²) in [5, 5.41) is 3.86. The molecule has 0 saturated heterocycles. The van der Waals surface area contributed by atoms with Crippen molar-refractivity contribution in [2.75, 3.05) is 18.1 Å². The van der Waals surface area contributed by atoms with Crippen LogP contribution in [0.25, 0.3) is 10.9 Å². The van der Waals surface area contributed by atoms with Crippen molar-refractivity contribution in [2.24, 2.45) is 0 Å². The lowest BCUT2D eigenvalue weighted by Gasteiger charge is -2.27. The number of amides is 1. The number of nitrogens with one attached hydrogen (secondary N) is 2. The first kappa shape index (κ1) is 16.7. The van der Waals surface area contributed by atoms with E-state index in [1.165, 1.54) is 10.6 Å². The second-order valence-electron chi connectivity index (χ2n) is 6.37. The molecule has 0 spiro atoms. The smallest absolute Gasteiger partial charge is 0.257 e. The molecule has 1 aromatic carbocycles. The second kappa shape index (κ2) is 6.22. The molecule has 1 aliphatic heterocycles. The molecule has 0 saturated carbocycles. The Labute approximate surface area is 151 Å². The molecule has 1 amide bonds. The van der Waals surface area contributed by atoms with Crippen molar-refractivity contribution in [1.29, 1.82) is 0 Å². The summed E-state index contributed by atoms with van der Waals surface area (Å²) >= 11 is 0. The van der Waals surface area contributed by atoms with Crippen LogP contribution in [0.5, 0.6) is 0 Å². The molecule has 7 nitrogen and oxygen atoms in total. The quantitative estimate of drug-likeness (QED) is 0.738. The van der Waals surface area contributed by atoms with Gasteiger partial charge in [0, 0.05) is 42.6 Å². The van der Waals surface area contributed by atoms with Crippen molar-refractivity contribution in [2.45, 2.75) is 13.0 Å². The van der Waals surface area contributed by atoms with E-state index in [2.05, 4.69) is 15.3 Å². The molecule has 2 N–H and O–H groups in total. The van der Waals surface area contributed by atoms with Crippen LogP contribution in [-0.2, 0) is 23.0 Å². The van der Waals surface area contributed by atoms with Crippen LogP contribution in [0.1, 0.15) is 21.5 Å². The van der Waals surface area contributed by atoms with E-state index in [4.69, 9.17) is 0 Å². The molecule has 2 aromatic heterocycles. The van der Waals surface area contributed by atoms with Crippen molar-refractivity contribution in [3.63, 3.8) is 0 Å². The number of sulfonamides is 1. The lowest BCUT2D eigenvalue weighted by molar-refractivity contribution is 0.102. The SMILES string of the molecule is CS(=O)(=O)N1CCc2c(cncc2C(=O)Nc2c[nH]c3ccccc23)C1. The highest BCUT2D eigenvalue weighted by Crippen LogP contribution is 2.26. The van der Waals surface area contributed by atoms with Gasteiger partial charge in [0.15, 0.2) is 0 Å². The number of carbonyl (C=O) groups excluding carboxylic acids is 1. The minimum Gasteiger partial charge on any atom is -0.359 e. The van der Waals surface area contributed by atoms with Gasteiger partial charge >= 0.3 is 0 Å². The molecule has 0 unspecified atom stereocenters. The molecule has 0 aliphatic carbocycles. The fourth-order valence-electron chi connectivity index (χ4n) is 3.31. The van der Waals surface area contributed by atoms with E-state index < -0.39 is 10.0 Å². The monoisotopic (exact) mass is 370 g/mol. The molecule has 0 radical (unpaired) electrons. The van der Waals surface area contributed by atoms with Crippen LogP contribution in [0, 0.1) is 0 Å². The predicted molar refractivity (Wildman–Crippen MR) is 99.4 cm³/mol. The summed E-state index contributed by atoms with van der Waals surface area (Å²) in [7, 11) is -3.27. The Morgan fingerprint density at radius 1 is 1.27 bits per heavy atom. The van der Waals surface area contributed by atoms with Crippen LogP contribution in [0.4, 0.5) is 5.69 Å². The number of benzene rings is 1. The number of para-hydroxylation sites is 1. The molecule has 3 aromatic rings. The van der Waals surface area contributed by atoms with Gasteiger partial charge in [0.2, 0.25) is 10.0 Å². The maximum atomic E-state index is 12.8. The van der Waals surface area contributed by atoms with E-state index in [0.717, 1.165) is 22.0 Å². The minimum absolute atomic E-state index is 0.244. The minimum atomic E-state index is -3.27. The molecule has 3 heterocycles. The van der Waals surface area contributed by atoms with E-state index in [0.29, 0.717) is 24.2 Å². The van der Waals surface area contributed by atoms with Gasteiger partial charge in [-0.15, -0.1) is 0 Å². The zero-order valence-electron chi connectivity index (χ0n) is 14.2. The van der Waals surface area contributed by atoms with Gasteiger partial charge in [-0.25, -0.2) is 8.42 Å². The molecule has 0 fully saturated rings. The third-order valence-electron chi connectivity index (χ3n) is 4.66. The molecular weight excluding hydrogens is 352 g/mol. The Morgan fingerprint density at radius 3 is 2.88 bits per heavy atom. The van der Waals surface area contributed by atoms with Gasteiger partial charge < -0.3 is 10.3 Å². The molecule has 134 valence electrons. The first-order chi connectivity index (χ1) is 12.4. The number of hydrogen-bond acceptors (Lipinski definition) is 4. The number of aromatic nitrogens is 2. The molecule has 26 heavy (non-hydrogen) atoms. The summed E-state index contributed by atoms with van der Waals surface area (Å²) in [4.78, 5) is 20.1. The van der Waals surface area contributed by atoms with Crippen LogP contribution < -0.4 is 5.32 Å². The Morgan fingerprint density at radius 2 is 2.08 bits per heavy atom. The van der Waals surface area contributed by atoms with Gasteiger partial charge in [0.05, 0.1) is 17.5 Å². The molecule has 0 atom stereocenters. The van der Waals surface area contributed by atoms with Gasteiger partial charge in [-0.2, -0.15) is 4.31 Å². The predicted octanol–water partition coefficient (Wildman–Crippen LogP) is 2.13. The summed E-state index contributed by atoms with van der Waals surface area (Å²) in [5.41, 5.74) is 3.77. The van der Waals surface area contributed by atoms with Crippen LogP contribution >= 0.6 is 0 Å². The Balaban J connectivity index is 1.64. The van der Waals surface area contributed by atoms with Crippen LogP contribution in [-0.4, -0.2) is 41.4 Å². The van der Waals surface area contributed by atoms with Crippen LogP contribution in [0.15, 0.2) is 42.9 Å².